The van der Waals surface area contributed by atoms with Gasteiger partial charge >= 0.3 is 0 Å². The maximum Gasteiger partial charge on any atom is 0.0537 e. The van der Waals surface area contributed by atoms with E-state index in [-0.39, 0.29) is 0 Å². The fourth-order valence-corrected chi connectivity index (χ4v) is 3.21. The highest BCUT2D eigenvalue weighted by Gasteiger charge is 2.34. The number of hydrogen-bond donors (Lipinski definition) is 1. The summed E-state index contributed by atoms with van der Waals surface area (Å²) in [6.07, 6.45) is 4.77. The highest BCUT2D eigenvalue weighted by Crippen LogP contribution is 2.26. The van der Waals surface area contributed by atoms with E-state index in [4.69, 9.17) is 0 Å². The van der Waals surface area contributed by atoms with Crippen molar-refractivity contribution in [3.63, 3.8) is 0 Å². The number of aromatic nitrogens is 2. The van der Waals surface area contributed by atoms with Crippen LogP contribution in [0.2, 0.25) is 0 Å². The lowest BCUT2D eigenvalue weighted by Gasteiger charge is -2.24. The van der Waals surface area contributed by atoms with Gasteiger partial charge in [0.1, 0.15) is 0 Å². The Morgan fingerprint density at radius 2 is 2.35 bits per heavy atom. The molecule has 3 heterocycles. The average molecular weight is 234 g/mol. The van der Waals surface area contributed by atoms with Crippen LogP contribution in [0, 0.1) is 12.8 Å². The first kappa shape index (κ1) is 11.2. The summed E-state index contributed by atoms with van der Waals surface area (Å²) >= 11 is 0. The average Bonchev–Trinajstić information content (AvgIpc) is 2.87. The van der Waals surface area contributed by atoms with Crippen molar-refractivity contribution in [1.29, 1.82) is 0 Å². The number of piperidine rings is 1. The highest BCUT2D eigenvalue weighted by molar-refractivity contribution is 5.16. The van der Waals surface area contributed by atoms with Gasteiger partial charge in [0.15, 0.2) is 0 Å². The van der Waals surface area contributed by atoms with Crippen molar-refractivity contribution in [1.82, 2.24) is 20.0 Å². The maximum atomic E-state index is 4.32. The van der Waals surface area contributed by atoms with Crippen LogP contribution in [0.1, 0.15) is 24.1 Å². The summed E-state index contributed by atoms with van der Waals surface area (Å²) < 4.78 is 1.97. The number of rotatable bonds is 2. The van der Waals surface area contributed by atoms with Crippen LogP contribution < -0.4 is 5.32 Å². The third-order valence-electron chi connectivity index (χ3n) is 4.41. The lowest BCUT2D eigenvalue weighted by molar-refractivity contribution is 0.312. The number of hydrogen-bond acceptors (Lipinski definition) is 3. The van der Waals surface area contributed by atoms with Crippen LogP contribution >= 0.6 is 0 Å². The predicted molar refractivity (Wildman–Crippen MR) is 67.7 cm³/mol. The molecule has 2 aliphatic heterocycles. The molecule has 3 rings (SSSR count). The van der Waals surface area contributed by atoms with Crippen LogP contribution in [0.4, 0.5) is 0 Å². The van der Waals surface area contributed by atoms with Gasteiger partial charge in [0.05, 0.1) is 6.20 Å². The molecule has 0 amide bonds. The maximum absolute atomic E-state index is 4.32. The van der Waals surface area contributed by atoms with Crippen molar-refractivity contribution in [3.8, 4) is 0 Å². The summed E-state index contributed by atoms with van der Waals surface area (Å²) in [6.45, 7) is 6.89. The number of fused-ring (bicyclic) bond motifs is 1. The summed E-state index contributed by atoms with van der Waals surface area (Å²) in [4.78, 5) is 2.58. The van der Waals surface area contributed by atoms with Crippen LogP contribution in [0.15, 0.2) is 6.20 Å². The Labute approximate surface area is 103 Å². The minimum absolute atomic E-state index is 0.737. The SMILES string of the molecule is Cc1c(CN2CC3CCCNC3C2)cnn1C. The van der Waals surface area contributed by atoms with Gasteiger partial charge in [-0.3, -0.25) is 9.58 Å². The number of likely N-dealkylation sites (tertiary alicyclic amines) is 1. The molecule has 2 unspecified atom stereocenters. The summed E-state index contributed by atoms with van der Waals surface area (Å²) in [6, 6.07) is 0.737. The van der Waals surface area contributed by atoms with E-state index in [0.29, 0.717) is 0 Å². The zero-order valence-corrected chi connectivity index (χ0v) is 10.8. The molecule has 2 fully saturated rings. The molecule has 1 aromatic heterocycles. The second kappa shape index (κ2) is 4.42. The van der Waals surface area contributed by atoms with E-state index in [0.717, 1.165) is 18.5 Å². The molecular formula is C13H22N4. The van der Waals surface area contributed by atoms with E-state index in [2.05, 4.69) is 22.2 Å². The third kappa shape index (κ3) is 2.11. The number of nitrogens with zero attached hydrogens (tertiary/aromatic N) is 3. The standard InChI is InChI=1S/C13H22N4/c1-10-12(6-15-16(10)2)8-17-7-11-4-3-5-14-13(11)9-17/h6,11,13-14H,3-5,7-9H2,1-2H3. The Hall–Kier alpha value is -0.870. The Morgan fingerprint density at radius 3 is 3.06 bits per heavy atom. The summed E-state index contributed by atoms with van der Waals surface area (Å²) in [5, 5.41) is 7.98. The van der Waals surface area contributed by atoms with Crippen molar-refractivity contribution in [3.05, 3.63) is 17.5 Å². The van der Waals surface area contributed by atoms with E-state index in [1.165, 1.54) is 43.7 Å². The minimum Gasteiger partial charge on any atom is -0.312 e. The molecule has 0 saturated carbocycles. The topological polar surface area (TPSA) is 33.1 Å². The Morgan fingerprint density at radius 1 is 1.47 bits per heavy atom. The molecule has 1 N–H and O–H groups in total. The lowest BCUT2D eigenvalue weighted by atomic mass is 9.94. The molecule has 17 heavy (non-hydrogen) atoms. The molecule has 0 spiro atoms. The van der Waals surface area contributed by atoms with Crippen LogP contribution in [0.25, 0.3) is 0 Å². The van der Waals surface area contributed by atoms with Crippen LogP contribution in [0.3, 0.4) is 0 Å². The molecule has 2 saturated heterocycles. The van der Waals surface area contributed by atoms with Crippen LogP contribution in [0.5, 0.6) is 0 Å². The quantitative estimate of drug-likeness (QED) is 0.826. The van der Waals surface area contributed by atoms with Gasteiger partial charge in [-0.25, -0.2) is 0 Å². The zero-order valence-electron chi connectivity index (χ0n) is 10.8. The first-order valence-electron chi connectivity index (χ1n) is 6.67. The Balaban J connectivity index is 1.65. The van der Waals surface area contributed by atoms with E-state index in [1.54, 1.807) is 0 Å². The van der Waals surface area contributed by atoms with E-state index < -0.39 is 0 Å². The molecule has 4 heteroatoms. The molecule has 0 aromatic carbocycles. The fraction of sp³-hybridized carbons (Fsp3) is 0.769. The second-order valence-electron chi connectivity index (χ2n) is 5.54. The van der Waals surface area contributed by atoms with Crippen molar-refractivity contribution >= 4 is 0 Å². The summed E-state index contributed by atoms with van der Waals surface area (Å²) in [7, 11) is 2.02. The third-order valence-corrected chi connectivity index (χ3v) is 4.41. The number of aryl methyl sites for hydroxylation is 1. The summed E-state index contributed by atoms with van der Waals surface area (Å²) in [5.74, 6) is 0.876. The molecule has 2 aliphatic rings. The van der Waals surface area contributed by atoms with Gasteiger partial charge in [-0.05, 0) is 32.2 Å². The van der Waals surface area contributed by atoms with Gasteiger partial charge in [0, 0.05) is 44.0 Å². The molecule has 94 valence electrons. The molecule has 0 bridgehead atoms. The highest BCUT2D eigenvalue weighted by atomic mass is 15.3. The van der Waals surface area contributed by atoms with Crippen LogP contribution in [-0.2, 0) is 13.6 Å². The smallest absolute Gasteiger partial charge is 0.0537 e. The van der Waals surface area contributed by atoms with Crippen molar-refractivity contribution < 1.29 is 0 Å². The van der Waals surface area contributed by atoms with E-state index in [1.807, 2.05) is 17.9 Å². The normalized spacial score (nSPS) is 29.5. The number of nitrogens with one attached hydrogen (secondary N) is 1. The van der Waals surface area contributed by atoms with Gasteiger partial charge in [-0.15, -0.1) is 0 Å². The van der Waals surface area contributed by atoms with Gasteiger partial charge in [0.25, 0.3) is 0 Å². The predicted octanol–water partition coefficient (Wildman–Crippen LogP) is 0.912. The second-order valence-corrected chi connectivity index (χ2v) is 5.54. The van der Waals surface area contributed by atoms with Crippen molar-refractivity contribution in [2.45, 2.75) is 32.4 Å². The largest absolute Gasteiger partial charge is 0.312 e. The molecule has 0 aliphatic carbocycles. The zero-order chi connectivity index (χ0) is 11.8. The van der Waals surface area contributed by atoms with E-state index >= 15 is 0 Å². The molecular weight excluding hydrogens is 212 g/mol. The van der Waals surface area contributed by atoms with E-state index in [9.17, 15) is 0 Å². The minimum atomic E-state index is 0.737. The van der Waals surface area contributed by atoms with Crippen molar-refractivity contribution in [2.24, 2.45) is 13.0 Å². The molecule has 0 radical (unpaired) electrons. The first-order chi connectivity index (χ1) is 8.24. The summed E-state index contributed by atoms with van der Waals surface area (Å²) in [5.41, 5.74) is 2.68. The first-order valence-corrected chi connectivity index (χ1v) is 6.67. The Bertz CT molecular complexity index is 384. The monoisotopic (exact) mass is 234 g/mol. The van der Waals surface area contributed by atoms with Gasteiger partial charge in [-0.2, -0.15) is 5.10 Å². The van der Waals surface area contributed by atoms with Crippen molar-refractivity contribution in [2.75, 3.05) is 19.6 Å². The lowest BCUT2D eigenvalue weighted by Crippen LogP contribution is -2.40. The molecule has 4 nitrogen and oxygen atoms in total. The fourth-order valence-electron chi connectivity index (χ4n) is 3.21. The Kier molecular flexibility index (Phi) is 2.92. The molecule has 2 atom stereocenters. The van der Waals surface area contributed by atoms with Gasteiger partial charge in [-0.1, -0.05) is 0 Å². The van der Waals surface area contributed by atoms with Gasteiger partial charge in [0.2, 0.25) is 0 Å². The van der Waals surface area contributed by atoms with Crippen LogP contribution in [-0.4, -0.2) is 40.4 Å². The van der Waals surface area contributed by atoms with Gasteiger partial charge < -0.3 is 5.32 Å². The molecule has 1 aromatic rings.